The van der Waals surface area contributed by atoms with Crippen LogP contribution < -0.4 is 15.8 Å². The van der Waals surface area contributed by atoms with Crippen molar-refractivity contribution < 1.29 is 18.0 Å². The van der Waals surface area contributed by atoms with Gasteiger partial charge in [-0.1, -0.05) is 30.3 Å². The first-order valence-corrected chi connectivity index (χ1v) is 11.9. The minimum Gasteiger partial charge on any atom is -0.368 e. The van der Waals surface area contributed by atoms with Crippen molar-refractivity contribution in [3.05, 3.63) is 59.7 Å². The molecule has 1 unspecified atom stereocenters. The first-order valence-electron chi connectivity index (χ1n) is 10.4. The molecular formula is C22H25N5O4S. The van der Waals surface area contributed by atoms with E-state index in [9.17, 15) is 18.0 Å². The Hall–Kier alpha value is -3.24. The third-order valence-electron chi connectivity index (χ3n) is 5.58. The van der Waals surface area contributed by atoms with E-state index in [1.54, 1.807) is 17.0 Å². The Morgan fingerprint density at radius 3 is 2.62 bits per heavy atom. The second-order valence-corrected chi connectivity index (χ2v) is 9.59. The smallest absolute Gasteiger partial charge is 0.262 e. The van der Waals surface area contributed by atoms with Crippen LogP contribution in [0.5, 0.6) is 0 Å². The fourth-order valence-corrected chi connectivity index (χ4v) is 5.12. The topological polar surface area (TPSA) is 134 Å². The highest BCUT2D eigenvalue weighted by atomic mass is 32.2. The Balaban J connectivity index is 1.45. The predicted molar refractivity (Wildman–Crippen MR) is 120 cm³/mol. The fraction of sp³-hybridized carbons (Fsp3) is 0.318. The van der Waals surface area contributed by atoms with Crippen LogP contribution in [0.4, 0.5) is 5.69 Å². The lowest BCUT2D eigenvalue weighted by Gasteiger charge is -2.34. The van der Waals surface area contributed by atoms with Gasteiger partial charge in [0.15, 0.2) is 0 Å². The molecular weight excluding hydrogens is 430 g/mol. The molecule has 0 spiro atoms. The first kappa shape index (κ1) is 22.0. The number of carbonyl (C=O) groups excluding carboxylic acids is 2. The van der Waals surface area contributed by atoms with Crippen molar-refractivity contribution in [2.45, 2.75) is 36.7 Å². The maximum Gasteiger partial charge on any atom is 0.262 e. The third kappa shape index (κ3) is 4.97. The highest BCUT2D eigenvalue weighted by Gasteiger charge is 2.31. The van der Waals surface area contributed by atoms with Crippen molar-refractivity contribution in [2.75, 3.05) is 18.4 Å². The summed E-state index contributed by atoms with van der Waals surface area (Å²) in [4.78, 5) is 30.6. The number of nitrogens with one attached hydrogen (secondary N) is 2. The highest BCUT2D eigenvalue weighted by molar-refractivity contribution is 7.90. The molecule has 0 aliphatic carbocycles. The van der Waals surface area contributed by atoms with Crippen molar-refractivity contribution in [3.63, 3.8) is 0 Å². The molecule has 32 heavy (non-hydrogen) atoms. The van der Waals surface area contributed by atoms with Gasteiger partial charge in [0.1, 0.15) is 5.84 Å². The fourth-order valence-electron chi connectivity index (χ4n) is 3.99. The molecule has 10 heteroatoms. The lowest BCUT2D eigenvalue weighted by Crippen LogP contribution is -2.50. The van der Waals surface area contributed by atoms with Crippen LogP contribution in [0.3, 0.4) is 0 Å². The molecule has 2 aromatic rings. The molecule has 0 fully saturated rings. The summed E-state index contributed by atoms with van der Waals surface area (Å²) in [6, 6.07) is 13.2. The molecule has 2 aromatic carbocycles. The van der Waals surface area contributed by atoms with Gasteiger partial charge in [0.05, 0.1) is 17.5 Å². The molecule has 2 aliphatic heterocycles. The van der Waals surface area contributed by atoms with Gasteiger partial charge < -0.3 is 11.1 Å². The van der Waals surface area contributed by atoms with Crippen LogP contribution >= 0.6 is 0 Å². The molecule has 0 radical (unpaired) electrons. The molecule has 2 heterocycles. The summed E-state index contributed by atoms with van der Waals surface area (Å²) in [6.07, 6.45) is 1.86. The zero-order valence-corrected chi connectivity index (χ0v) is 18.3. The number of amides is 2. The quantitative estimate of drug-likeness (QED) is 0.598. The zero-order chi connectivity index (χ0) is 22.7. The van der Waals surface area contributed by atoms with Gasteiger partial charge in [0.2, 0.25) is 11.8 Å². The van der Waals surface area contributed by atoms with Crippen molar-refractivity contribution in [3.8, 4) is 0 Å². The Morgan fingerprint density at radius 1 is 1.12 bits per heavy atom. The Kier molecular flexibility index (Phi) is 6.24. The SMILES string of the molecule is NC(=O)C1Cc2ccccc2CN1CC(=O)Nc1cccc(S(=O)(=O)NC2=NCCC2)c1. The average molecular weight is 456 g/mol. The number of carbonyl (C=O) groups is 2. The summed E-state index contributed by atoms with van der Waals surface area (Å²) in [6.45, 7) is 0.993. The molecule has 0 saturated heterocycles. The second-order valence-electron chi connectivity index (χ2n) is 7.91. The van der Waals surface area contributed by atoms with E-state index in [0.29, 0.717) is 37.5 Å². The lowest BCUT2D eigenvalue weighted by atomic mass is 9.93. The number of primary amides is 1. The van der Waals surface area contributed by atoms with E-state index >= 15 is 0 Å². The van der Waals surface area contributed by atoms with Gasteiger partial charge in [-0.3, -0.25) is 24.2 Å². The number of anilines is 1. The summed E-state index contributed by atoms with van der Waals surface area (Å²) >= 11 is 0. The minimum atomic E-state index is -3.79. The number of hydrogen-bond donors (Lipinski definition) is 3. The summed E-state index contributed by atoms with van der Waals surface area (Å²) in [5.41, 5.74) is 8.02. The lowest BCUT2D eigenvalue weighted by molar-refractivity contribution is -0.125. The van der Waals surface area contributed by atoms with Gasteiger partial charge in [-0.15, -0.1) is 0 Å². The molecule has 2 amide bonds. The van der Waals surface area contributed by atoms with Gasteiger partial charge >= 0.3 is 0 Å². The second kappa shape index (κ2) is 9.09. The van der Waals surface area contributed by atoms with Gasteiger partial charge in [0, 0.05) is 25.2 Å². The minimum absolute atomic E-state index is 0.0341. The summed E-state index contributed by atoms with van der Waals surface area (Å²) in [5, 5.41) is 2.72. The Labute approximate surface area is 186 Å². The van der Waals surface area contributed by atoms with Crippen LogP contribution in [0.1, 0.15) is 24.0 Å². The van der Waals surface area contributed by atoms with E-state index in [1.807, 2.05) is 24.3 Å². The van der Waals surface area contributed by atoms with Crippen molar-refractivity contribution in [1.82, 2.24) is 9.62 Å². The number of nitrogens with two attached hydrogens (primary N) is 1. The molecule has 0 saturated carbocycles. The largest absolute Gasteiger partial charge is 0.368 e. The van der Waals surface area contributed by atoms with Gasteiger partial charge in [-0.2, -0.15) is 0 Å². The number of rotatable bonds is 6. The van der Waals surface area contributed by atoms with E-state index in [4.69, 9.17) is 5.73 Å². The van der Waals surface area contributed by atoms with Crippen LogP contribution in [-0.2, 0) is 32.6 Å². The third-order valence-corrected chi connectivity index (χ3v) is 6.95. The van der Waals surface area contributed by atoms with E-state index < -0.39 is 22.0 Å². The van der Waals surface area contributed by atoms with Gasteiger partial charge in [0.25, 0.3) is 10.0 Å². The predicted octanol–water partition coefficient (Wildman–Crippen LogP) is 1.01. The highest BCUT2D eigenvalue weighted by Crippen LogP contribution is 2.23. The number of sulfonamides is 1. The molecule has 9 nitrogen and oxygen atoms in total. The first-order chi connectivity index (χ1) is 15.3. The van der Waals surface area contributed by atoms with Crippen LogP contribution in [0.15, 0.2) is 58.4 Å². The molecule has 4 N–H and O–H groups in total. The summed E-state index contributed by atoms with van der Waals surface area (Å²) in [7, 11) is -3.79. The zero-order valence-electron chi connectivity index (χ0n) is 17.5. The van der Waals surface area contributed by atoms with Crippen LogP contribution in [0.25, 0.3) is 0 Å². The van der Waals surface area contributed by atoms with E-state index in [1.165, 1.54) is 12.1 Å². The van der Waals surface area contributed by atoms with E-state index in [0.717, 1.165) is 17.5 Å². The van der Waals surface area contributed by atoms with Crippen LogP contribution in [0.2, 0.25) is 0 Å². The van der Waals surface area contributed by atoms with Gasteiger partial charge in [-0.05, 0) is 42.2 Å². The average Bonchev–Trinajstić information content (AvgIpc) is 3.25. The number of benzene rings is 2. The standard InChI is InChI=1S/C22H25N5O4S/c23-22(29)19-11-15-5-1-2-6-16(15)13-27(19)14-21(28)25-17-7-3-8-18(12-17)32(30,31)26-20-9-4-10-24-20/h1-3,5-8,12,19H,4,9-11,13-14H2,(H2,23,29)(H,24,26)(H,25,28). The molecule has 2 aliphatic rings. The number of fused-ring (bicyclic) bond motifs is 1. The van der Waals surface area contributed by atoms with Crippen molar-refractivity contribution in [1.29, 1.82) is 0 Å². The molecule has 168 valence electrons. The number of nitrogens with zero attached hydrogens (tertiary/aromatic N) is 2. The van der Waals surface area contributed by atoms with E-state index in [2.05, 4.69) is 15.0 Å². The van der Waals surface area contributed by atoms with Crippen LogP contribution in [0, 0.1) is 0 Å². The molecule has 0 bridgehead atoms. The van der Waals surface area contributed by atoms with Gasteiger partial charge in [-0.25, -0.2) is 8.42 Å². The molecule has 4 rings (SSSR count). The molecule has 1 atom stereocenters. The normalized spacial score (nSPS) is 18.5. The number of aliphatic imine (C=N–C) groups is 1. The number of amidine groups is 1. The monoisotopic (exact) mass is 455 g/mol. The van der Waals surface area contributed by atoms with Crippen molar-refractivity contribution in [2.24, 2.45) is 10.7 Å². The molecule has 0 aromatic heterocycles. The summed E-state index contributed by atoms with van der Waals surface area (Å²) in [5.74, 6) is -0.401. The summed E-state index contributed by atoms with van der Waals surface area (Å²) < 4.78 is 27.7. The van der Waals surface area contributed by atoms with Crippen LogP contribution in [-0.4, -0.2) is 50.1 Å². The van der Waals surface area contributed by atoms with E-state index in [-0.39, 0.29) is 17.3 Å². The Bertz CT molecular complexity index is 1180. The maximum atomic E-state index is 12.7. The Morgan fingerprint density at radius 2 is 1.91 bits per heavy atom. The number of hydrogen-bond acceptors (Lipinski definition) is 6. The van der Waals surface area contributed by atoms with Crippen molar-refractivity contribution >= 4 is 33.4 Å². The maximum absolute atomic E-state index is 12.7.